The summed E-state index contributed by atoms with van der Waals surface area (Å²) in [4.78, 5) is 22.5. The van der Waals surface area contributed by atoms with Crippen LogP contribution in [0.25, 0.3) is 0 Å². The normalized spacial score (nSPS) is 19.5. The lowest BCUT2D eigenvalue weighted by molar-refractivity contribution is -0.146. The molecule has 1 unspecified atom stereocenters. The zero-order valence-electron chi connectivity index (χ0n) is 5.91. The Morgan fingerprint density at radius 1 is 1.25 bits per heavy atom. The lowest BCUT2D eigenvalue weighted by Gasteiger charge is -2.22. The summed E-state index contributed by atoms with van der Waals surface area (Å²) >= 11 is 7.58. The van der Waals surface area contributed by atoms with Gasteiger partial charge in [0.25, 0.3) is 11.8 Å². The molecular formula is C6H7NO3S2. The van der Waals surface area contributed by atoms with Crippen LogP contribution >= 0.6 is 25.3 Å². The van der Waals surface area contributed by atoms with Crippen molar-refractivity contribution in [1.29, 1.82) is 0 Å². The fourth-order valence-electron chi connectivity index (χ4n) is 0.806. The van der Waals surface area contributed by atoms with E-state index < -0.39 is 22.6 Å². The van der Waals surface area contributed by atoms with Crippen LogP contribution in [0.4, 0.5) is 0 Å². The molecule has 0 saturated heterocycles. The summed E-state index contributed by atoms with van der Waals surface area (Å²) in [6.45, 7) is 0. The number of hydrogen-bond donors (Lipinski definition) is 3. The van der Waals surface area contributed by atoms with Gasteiger partial charge in [-0.25, -0.2) is 4.90 Å². The molecule has 1 N–H and O–H groups in total. The molecule has 1 heterocycles. The predicted octanol–water partition coefficient (Wildman–Crippen LogP) is -0.585. The molecule has 0 saturated carbocycles. The third-order valence-electron chi connectivity index (χ3n) is 1.37. The maximum absolute atomic E-state index is 10.9. The van der Waals surface area contributed by atoms with Crippen molar-refractivity contribution in [3.63, 3.8) is 0 Å². The van der Waals surface area contributed by atoms with Crippen molar-refractivity contribution >= 4 is 37.1 Å². The summed E-state index contributed by atoms with van der Waals surface area (Å²) in [7, 11) is 0. The summed E-state index contributed by atoms with van der Waals surface area (Å²) in [6.07, 6.45) is 0.900. The number of aliphatic hydroxyl groups is 1. The molecule has 1 rings (SSSR count). The van der Waals surface area contributed by atoms with E-state index in [1.165, 1.54) is 0 Å². The van der Waals surface area contributed by atoms with E-state index in [1.807, 2.05) is 0 Å². The van der Waals surface area contributed by atoms with E-state index >= 15 is 0 Å². The first kappa shape index (κ1) is 9.63. The highest BCUT2D eigenvalue weighted by molar-refractivity contribution is 7.99. The van der Waals surface area contributed by atoms with Crippen molar-refractivity contribution in [2.24, 2.45) is 0 Å². The number of nitrogens with zero attached hydrogens (tertiary/aromatic N) is 1. The van der Waals surface area contributed by atoms with Gasteiger partial charge in [-0.1, -0.05) is 0 Å². The lowest BCUT2D eigenvalue weighted by Crippen LogP contribution is -2.43. The van der Waals surface area contributed by atoms with E-state index in [2.05, 4.69) is 25.3 Å². The molecule has 0 aliphatic carbocycles. The molecule has 1 atom stereocenters. The molecule has 0 bridgehead atoms. The third kappa shape index (κ3) is 1.65. The van der Waals surface area contributed by atoms with E-state index in [0.29, 0.717) is 4.90 Å². The maximum Gasteiger partial charge on any atom is 0.255 e. The molecule has 0 fully saturated rings. The highest BCUT2D eigenvalue weighted by Crippen LogP contribution is 2.15. The van der Waals surface area contributed by atoms with Gasteiger partial charge >= 0.3 is 0 Å². The number of hydrogen-bond acceptors (Lipinski definition) is 5. The fourth-order valence-corrected chi connectivity index (χ4v) is 1.07. The predicted molar refractivity (Wildman–Crippen MR) is 48.8 cm³/mol. The van der Waals surface area contributed by atoms with Gasteiger partial charge in [-0.05, 0) is 0 Å². The minimum atomic E-state index is -1.29. The van der Waals surface area contributed by atoms with Crippen LogP contribution < -0.4 is 0 Å². The number of aliphatic hydroxyl groups excluding tert-OH is 1. The van der Waals surface area contributed by atoms with Gasteiger partial charge in [0.05, 0.1) is 4.58 Å². The summed E-state index contributed by atoms with van der Waals surface area (Å²) in [5.41, 5.74) is 0. The highest BCUT2D eigenvalue weighted by Gasteiger charge is 2.32. The highest BCUT2D eigenvalue weighted by atomic mass is 32.2. The molecule has 66 valence electrons. The SMILES string of the molecule is O=C1C=CC(=O)N1C(O)C(S)S. The topological polar surface area (TPSA) is 57.6 Å². The van der Waals surface area contributed by atoms with Crippen LogP contribution in [0.3, 0.4) is 0 Å². The Balaban J connectivity index is 2.76. The van der Waals surface area contributed by atoms with Crippen LogP contribution in [-0.4, -0.2) is 32.6 Å². The van der Waals surface area contributed by atoms with Gasteiger partial charge in [0.2, 0.25) is 0 Å². The number of amides is 2. The van der Waals surface area contributed by atoms with Gasteiger partial charge in [0, 0.05) is 12.2 Å². The van der Waals surface area contributed by atoms with Crippen molar-refractivity contribution in [3.8, 4) is 0 Å². The molecule has 6 heteroatoms. The summed E-state index contributed by atoms with van der Waals surface area (Å²) in [5.74, 6) is -1.08. The monoisotopic (exact) mass is 205 g/mol. The van der Waals surface area contributed by atoms with Crippen molar-refractivity contribution < 1.29 is 14.7 Å². The molecule has 0 aromatic rings. The van der Waals surface area contributed by atoms with E-state index in [-0.39, 0.29) is 0 Å². The second kappa shape index (κ2) is 3.51. The second-order valence-corrected chi connectivity index (χ2v) is 3.73. The first-order valence-electron chi connectivity index (χ1n) is 3.13. The van der Waals surface area contributed by atoms with Gasteiger partial charge in [-0.3, -0.25) is 9.59 Å². The molecule has 4 nitrogen and oxygen atoms in total. The van der Waals surface area contributed by atoms with Gasteiger partial charge in [-0.2, -0.15) is 25.3 Å². The largest absolute Gasteiger partial charge is 0.371 e. The Morgan fingerprint density at radius 3 is 2.00 bits per heavy atom. The van der Waals surface area contributed by atoms with Crippen molar-refractivity contribution in [2.75, 3.05) is 0 Å². The van der Waals surface area contributed by atoms with Crippen molar-refractivity contribution in [2.45, 2.75) is 10.8 Å². The minimum absolute atomic E-state index is 0.541. The van der Waals surface area contributed by atoms with Crippen LogP contribution in [0, 0.1) is 0 Å². The van der Waals surface area contributed by atoms with E-state index in [0.717, 1.165) is 12.2 Å². The van der Waals surface area contributed by atoms with Gasteiger partial charge in [0.1, 0.15) is 0 Å². The Bertz CT molecular complexity index is 233. The second-order valence-electron chi connectivity index (χ2n) is 2.21. The number of imide groups is 1. The summed E-state index contributed by atoms with van der Waals surface area (Å²) in [6, 6.07) is 0. The van der Waals surface area contributed by atoms with E-state index in [4.69, 9.17) is 0 Å². The first-order chi connectivity index (χ1) is 5.54. The van der Waals surface area contributed by atoms with Crippen molar-refractivity contribution in [1.82, 2.24) is 4.90 Å². The van der Waals surface area contributed by atoms with Crippen LogP contribution in [0.1, 0.15) is 0 Å². The molecule has 0 aromatic carbocycles. The van der Waals surface area contributed by atoms with Crippen LogP contribution in [0.5, 0.6) is 0 Å². The average Bonchev–Trinajstić information content (AvgIpc) is 2.30. The zero-order valence-corrected chi connectivity index (χ0v) is 7.70. The quantitative estimate of drug-likeness (QED) is 0.321. The van der Waals surface area contributed by atoms with Crippen LogP contribution in [0.15, 0.2) is 12.2 Å². The molecule has 1 aliphatic heterocycles. The molecular weight excluding hydrogens is 198 g/mol. The molecule has 1 aliphatic rings. The van der Waals surface area contributed by atoms with Gasteiger partial charge < -0.3 is 5.11 Å². The van der Waals surface area contributed by atoms with Gasteiger partial charge in [0.15, 0.2) is 6.23 Å². The van der Waals surface area contributed by atoms with Crippen LogP contribution in [-0.2, 0) is 9.59 Å². The summed E-state index contributed by atoms with van der Waals surface area (Å²) < 4.78 is -0.752. The minimum Gasteiger partial charge on any atom is -0.371 e. The first-order valence-corrected chi connectivity index (χ1v) is 4.17. The smallest absolute Gasteiger partial charge is 0.255 e. The third-order valence-corrected chi connectivity index (χ3v) is 1.91. The molecule has 0 radical (unpaired) electrons. The maximum atomic E-state index is 10.9. The Hall–Kier alpha value is -0.460. The number of carbonyl (C=O) groups excluding carboxylic acids is 2. The average molecular weight is 205 g/mol. The standard InChI is InChI=1S/C6H7NO3S2/c8-3-1-2-4(9)7(3)5(10)6(11)12/h1-2,5-6,10-12H. The fraction of sp³-hybridized carbons (Fsp3) is 0.333. The number of rotatable bonds is 2. The number of thiol groups is 2. The van der Waals surface area contributed by atoms with Crippen molar-refractivity contribution in [3.05, 3.63) is 12.2 Å². The molecule has 0 aromatic heterocycles. The molecule has 12 heavy (non-hydrogen) atoms. The Morgan fingerprint density at radius 2 is 1.67 bits per heavy atom. The van der Waals surface area contributed by atoms with Crippen LogP contribution in [0.2, 0.25) is 0 Å². The zero-order chi connectivity index (χ0) is 9.30. The Labute approximate surface area is 80.1 Å². The Kier molecular flexibility index (Phi) is 2.81. The number of carbonyl (C=O) groups is 2. The lowest BCUT2D eigenvalue weighted by atomic mass is 10.5. The van der Waals surface area contributed by atoms with E-state index in [9.17, 15) is 14.7 Å². The van der Waals surface area contributed by atoms with Gasteiger partial charge in [-0.15, -0.1) is 0 Å². The molecule has 2 amide bonds. The molecule has 0 spiro atoms. The van der Waals surface area contributed by atoms with E-state index in [1.54, 1.807) is 0 Å². The summed E-state index contributed by atoms with van der Waals surface area (Å²) in [5, 5.41) is 9.26.